The number of rotatable bonds is 5. The van der Waals surface area contributed by atoms with E-state index in [2.05, 4.69) is 4.74 Å². The molecule has 0 aliphatic carbocycles. The van der Waals surface area contributed by atoms with Gasteiger partial charge in [0.25, 0.3) is 0 Å². The molecule has 0 atom stereocenters. The molecule has 0 aliphatic heterocycles. The fourth-order valence-corrected chi connectivity index (χ4v) is 1.44. The topological polar surface area (TPSA) is 83.9 Å². The Labute approximate surface area is 104 Å². The van der Waals surface area contributed by atoms with Gasteiger partial charge in [0.15, 0.2) is 0 Å². The molecule has 1 N–H and O–H groups in total. The van der Waals surface area contributed by atoms with Crippen molar-refractivity contribution in [3.8, 4) is 0 Å². The highest BCUT2D eigenvalue weighted by atomic mass is 16.5. The molecule has 1 aromatic rings. The lowest BCUT2D eigenvalue weighted by atomic mass is 10.1. The molecule has 1 aromatic carbocycles. The number of ether oxygens (including phenoxy) is 1. The first-order valence-corrected chi connectivity index (χ1v) is 5.17. The van der Waals surface area contributed by atoms with E-state index in [9.17, 15) is 14.4 Å². The van der Waals surface area contributed by atoms with E-state index >= 15 is 0 Å². The molecule has 6 heteroatoms. The Morgan fingerprint density at radius 3 is 2.72 bits per heavy atom. The summed E-state index contributed by atoms with van der Waals surface area (Å²) in [4.78, 5) is 33.4. The minimum absolute atomic E-state index is 0.0406. The van der Waals surface area contributed by atoms with Gasteiger partial charge in [0.05, 0.1) is 19.2 Å². The predicted octanol–water partition coefficient (Wildman–Crippen LogP) is 1.15. The number of hydrogen-bond donors (Lipinski definition) is 1. The minimum Gasteiger partial charge on any atom is -0.465 e. The third-order valence-electron chi connectivity index (χ3n) is 2.29. The molecule has 0 spiro atoms. The third kappa shape index (κ3) is 3.58. The molecule has 0 fully saturated rings. The molecule has 0 unspecified atom stereocenters. The summed E-state index contributed by atoms with van der Waals surface area (Å²) in [6, 6.07) is 6.41. The van der Waals surface area contributed by atoms with Gasteiger partial charge in [0.2, 0.25) is 0 Å². The number of hydrogen-bond acceptors (Lipinski definition) is 4. The highest BCUT2D eigenvalue weighted by Crippen LogP contribution is 2.09. The van der Waals surface area contributed by atoms with Crippen LogP contribution in [0.5, 0.6) is 0 Å². The van der Waals surface area contributed by atoms with Crippen LogP contribution in [0.4, 0.5) is 4.79 Å². The largest absolute Gasteiger partial charge is 0.465 e. The Morgan fingerprint density at radius 2 is 2.17 bits per heavy atom. The lowest BCUT2D eigenvalue weighted by molar-refractivity contribution is -0.108. The zero-order valence-electron chi connectivity index (χ0n) is 9.83. The molecule has 0 saturated heterocycles. The van der Waals surface area contributed by atoms with Crippen molar-refractivity contribution in [3.05, 3.63) is 35.4 Å². The van der Waals surface area contributed by atoms with E-state index in [0.717, 1.165) is 4.90 Å². The van der Waals surface area contributed by atoms with Gasteiger partial charge in [0, 0.05) is 6.54 Å². The lowest BCUT2D eigenvalue weighted by Crippen LogP contribution is -2.30. The van der Waals surface area contributed by atoms with Crippen LogP contribution >= 0.6 is 0 Å². The summed E-state index contributed by atoms with van der Waals surface area (Å²) in [5.74, 6) is -0.492. The molecule has 1 rings (SSSR count). The Kier molecular flexibility index (Phi) is 4.86. The molecule has 96 valence electrons. The summed E-state index contributed by atoms with van der Waals surface area (Å²) in [5.41, 5.74) is 0.952. The number of methoxy groups -OCH3 is 1. The van der Waals surface area contributed by atoms with Crippen molar-refractivity contribution in [1.29, 1.82) is 0 Å². The molecule has 0 bridgehead atoms. The summed E-state index contributed by atoms with van der Waals surface area (Å²) in [7, 11) is 1.27. The number of carbonyl (C=O) groups is 3. The maximum atomic E-state index is 11.3. The smallest absolute Gasteiger partial charge is 0.407 e. The van der Waals surface area contributed by atoms with Crippen LogP contribution in [0.1, 0.15) is 15.9 Å². The van der Waals surface area contributed by atoms with Gasteiger partial charge >= 0.3 is 12.1 Å². The Hall–Kier alpha value is -2.37. The molecule has 0 radical (unpaired) electrons. The molecule has 0 aromatic heterocycles. The summed E-state index contributed by atoms with van der Waals surface area (Å²) >= 11 is 0. The average molecular weight is 251 g/mol. The maximum absolute atomic E-state index is 11.3. The number of esters is 1. The lowest BCUT2D eigenvalue weighted by Gasteiger charge is -2.16. The number of aldehydes is 1. The van der Waals surface area contributed by atoms with Crippen molar-refractivity contribution in [2.45, 2.75) is 6.54 Å². The first kappa shape index (κ1) is 13.7. The van der Waals surface area contributed by atoms with E-state index in [1.54, 1.807) is 18.2 Å². The fourth-order valence-electron chi connectivity index (χ4n) is 1.44. The molecule has 6 nitrogen and oxygen atoms in total. The highest BCUT2D eigenvalue weighted by molar-refractivity contribution is 5.89. The van der Waals surface area contributed by atoms with E-state index < -0.39 is 12.1 Å². The van der Waals surface area contributed by atoms with Gasteiger partial charge in [-0.3, -0.25) is 4.90 Å². The maximum Gasteiger partial charge on any atom is 0.407 e. The fraction of sp³-hybridized carbons (Fsp3) is 0.250. The number of benzene rings is 1. The van der Waals surface area contributed by atoms with Gasteiger partial charge in [-0.2, -0.15) is 0 Å². The second-order valence-electron chi connectivity index (χ2n) is 3.52. The molecule has 0 saturated carbocycles. The first-order valence-electron chi connectivity index (χ1n) is 5.17. The molecular weight excluding hydrogens is 238 g/mol. The van der Waals surface area contributed by atoms with Gasteiger partial charge in [-0.15, -0.1) is 0 Å². The molecule has 0 heterocycles. The van der Waals surface area contributed by atoms with Gasteiger partial charge in [-0.05, 0) is 17.7 Å². The minimum atomic E-state index is -1.19. The highest BCUT2D eigenvalue weighted by Gasteiger charge is 2.13. The zero-order valence-corrected chi connectivity index (χ0v) is 9.83. The van der Waals surface area contributed by atoms with Gasteiger partial charge in [0.1, 0.15) is 6.29 Å². The van der Waals surface area contributed by atoms with Crippen molar-refractivity contribution in [2.75, 3.05) is 13.7 Å². The molecule has 0 aliphatic rings. The Bertz CT molecular complexity index is 458. The summed E-state index contributed by atoms with van der Waals surface area (Å²) in [6.07, 6.45) is -0.677. The van der Waals surface area contributed by atoms with Crippen LogP contribution in [0, 0.1) is 0 Å². The summed E-state index contributed by atoms with van der Waals surface area (Å²) in [5, 5.41) is 8.87. The van der Waals surface area contributed by atoms with E-state index in [0.29, 0.717) is 17.4 Å². The van der Waals surface area contributed by atoms with Crippen molar-refractivity contribution in [1.82, 2.24) is 4.90 Å². The molecule has 1 amide bonds. The van der Waals surface area contributed by atoms with Crippen molar-refractivity contribution < 1.29 is 24.2 Å². The third-order valence-corrected chi connectivity index (χ3v) is 2.29. The van der Waals surface area contributed by atoms with E-state index in [4.69, 9.17) is 5.11 Å². The molecular formula is C12H13NO5. The van der Waals surface area contributed by atoms with Crippen LogP contribution in [0.2, 0.25) is 0 Å². The number of carbonyl (C=O) groups excluding carboxylic acids is 2. The second-order valence-corrected chi connectivity index (χ2v) is 3.52. The van der Waals surface area contributed by atoms with Crippen LogP contribution in [-0.4, -0.2) is 42.0 Å². The second kappa shape index (κ2) is 6.39. The molecule has 18 heavy (non-hydrogen) atoms. The van der Waals surface area contributed by atoms with Crippen molar-refractivity contribution in [3.63, 3.8) is 0 Å². The SMILES string of the molecule is COC(=O)c1cccc(CN(CC=O)C(=O)O)c1. The Morgan fingerprint density at radius 1 is 1.44 bits per heavy atom. The monoisotopic (exact) mass is 251 g/mol. The van der Waals surface area contributed by atoms with Crippen LogP contribution in [-0.2, 0) is 16.1 Å². The van der Waals surface area contributed by atoms with E-state index in [-0.39, 0.29) is 13.1 Å². The first-order chi connectivity index (χ1) is 8.58. The summed E-state index contributed by atoms with van der Waals surface area (Å²) in [6.45, 7) is -0.170. The normalized spacial score (nSPS) is 9.61. The quantitative estimate of drug-likeness (QED) is 0.627. The van der Waals surface area contributed by atoms with Crippen LogP contribution < -0.4 is 0 Å². The van der Waals surface area contributed by atoms with Crippen LogP contribution in [0.25, 0.3) is 0 Å². The summed E-state index contributed by atoms with van der Waals surface area (Å²) < 4.78 is 4.57. The average Bonchev–Trinajstić information content (AvgIpc) is 2.37. The predicted molar refractivity (Wildman–Crippen MR) is 62.3 cm³/mol. The van der Waals surface area contributed by atoms with Crippen LogP contribution in [0.15, 0.2) is 24.3 Å². The van der Waals surface area contributed by atoms with Crippen molar-refractivity contribution >= 4 is 18.3 Å². The van der Waals surface area contributed by atoms with Gasteiger partial charge in [-0.1, -0.05) is 12.1 Å². The number of nitrogens with zero attached hydrogens (tertiary/aromatic N) is 1. The standard InChI is InChI=1S/C12H13NO5/c1-18-11(15)10-4-2-3-9(7-10)8-13(5-6-14)12(16)17/h2-4,6-7H,5,8H2,1H3,(H,16,17). The van der Waals surface area contributed by atoms with Gasteiger partial charge in [-0.25, -0.2) is 9.59 Å². The van der Waals surface area contributed by atoms with Gasteiger partial charge < -0.3 is 14.6 Å². The Balaban J connectivity index is 2.86. The zero-order chi connectivity index (χ0) is 13.5. The number of amides is 1. The van der Waals surface area contributed by atoms with Crippen molar-refractivity contribution in [2.24, 2.45) is 0 Å². The number of carboxylic acid groups (broad SMARTS) is 1. The van der Waals surface area contributed by atoms with Crippen LogP contribution in [0.3, 0.4) is 0 Å². The van der Waals surface area contributed by atoms with E-state index in [1.807, 2.05) is 0 Å². The van der Waals surface area contributed by atoms with E-state index in [1.165, 1.54) is 13.2 Å².